The molecule has 0 saturated heterocycles. The minimum atomic E-state index is 0.105. The lowest BCUT2D eigenvalue weighted by molar-refractivity contribution is 0.710. The summed E-state index contributed by atoms with van der Waals surface area (Å²) in [5.41, 5.74) is 6.66. The lowest BCUT2D eigenvalue weighted by atomic mass is 9.96. The molecule has 1 heterocycles. The van der Waals surface area contributed by atoms with Gasteiger partial charge in [0.05, 0.1) is 17.3 Å². The van der Waals surface area contributed by atoms with Gasteiger partial charge in [0.1, 0.15) is 5.82 Å². The maximum Gasteiger partial charge on any atom is 0.261 e. The number of rotatable bonds is 8. The summed E-state index contributed by atoms with van der Waals surface area (Å²) in [4.78, 5) is 19.2. The van der Waals surface area contributed by atoms with Crippen LogP contribution in [0.15, 0.2) is 71.6 Å². The first-order valence-corrected chi connectivity index (χ1v) is 12.8. The summed E-state index contributed by atoms with van der Waals surface area (Å²) in [5, 5.41) is 9.46. The van der Waals surface area contributed by atoms with E-state index >= 15 is 0 Å². The van der Waals surface area contributed by atoms with Gasteiger partial charge in [-0.3, -0.25) is 9.36 Å². The Morgan fingerprint density at radius 2 is 1.91 bits per heavy atom. The number of hydrogen-bond acceptors (Lipinski definition) is 3. The molecule has 2 aromatic carbocycles. The third-order valence-electron chi connectivity index (χ3n) is 6.97. The maximum absolute atomic E-state index is 14.0. The molecule has 0 amide bonds. The van der Waals surface area contributed by atoms with Gasteiger partial charge in [0, 0.05) is 23.6 Å². The molecule has 5 rings (SSSR count). The van der Waals surface area contributed by atoms with E-state index in [0.717, 1.165) is 84.4 Å². The van der Waals surface area contributed by atoms with Crippen LogP contribution in [0.25, 0.3) is 16.8 Å². The first kappa shape index (κ1) is 23.1. The van der Waals surface area contributed by atoms with Crippen LogP contribution < -0.4 is 5.56 Å². The SMILES string of the molecule is CCCCc1nc(C2CC2)n(C2=CC=CCC2)c(=O)c1Cc1ccc(-c2ccccc2C#N)cc1. The Morgan fingerprint density at radius 3 is 2.60 bits per heavy atom. The first-order chi connectivity index (χ1) is 17.2. The lowest BCUT2D eigenvalue weighted by Crippen LogP contribution is -2.30. The van der Waals surface area contributed by atoms with Gasteiger partial charge >= 0.3 is 0 Å². The molecular formula is C31H31N3O. The molecular weight excluding hydrogens is 430 g/mol. The topological polar surface area (TPSA) is 58.7 Å². The Balaban J connectivity index is 1.54. The molecule has 1 saturated carbocycles. The zero-order valence-electron chi connectivity index (χ0n) is 20.3. The van der Waals surface area contributed by atoms with Gasteiger partial charge in [-0.05, 0) is 67.4 Å². The van der Waals surface area contributed by atoms with Crippen LogP contribution >= 0.6 is 0 Å². The normalized spacial score (nSPS) is 15.0. The molecule has 4 heteroatoms. The van der Waals surface area contributed by atoms with Crippen LogP contribution in [0.1, 0.15) is 79.6 Å². The smallest absolute Gasteiger partial charge is 0.261 e. The minimum Gasteiger partial charge on any atom is -0.269 e. The Kier molecular flexibility index (Phi) is 6.77. The van der Waals surface area contributed by atoms with Crippen LogP contribution in [-0.4, -0.2) is 9.55 Å². The average molecular weight is 462 g/mol. The molecule has 1 fully saturated rings. The molecule has 0 atom stereocenters. The van der Waals surface area contributed by atoms with Gasteiger partial charge < -0.3 is 0 Å². The number of aryl methyl sites for hydroxylation is 1. The predicted octanol–water partition coefficient (Wildman–Crippen LogP) is 6.78. The zero-order valence-corrected chi connectivity index (χ0v) is 20.3. The van der Waals surface area contributed by atoms with Crippen molar-refractivity contribution in [3.05, 3.63) is 105 Å². The molecule has 0 unspecified atom stereocenters. The second-order valence-electron chi connectivity index (χ2n) is 9.57. The minimum absolute atomic E-state index is 0.105. The van der Waals surface area contributed by atoms with E-state index in [9.17, 15) is 10.1 Å². The van der Waals surface area contributed by atoms with Crippen molar-refractivity contribution >= 4 is 5.70 Å². The summed E-state index contributed by atoms with van der Waals surface area (Å²) >= 11 is 0. The third-order valence-corrected chi connectivity index (χ3v) is 6.97. The fourth-order valence-corrected chi connectivity index (χ4v) is 4.85. The van der Waals surface area contributed by atoms with Crippen molar-refractivity contribution in [3.8, 4) is 17.2 Å². The van der Waals surface area contributed by atoms with Crippen molar-refractivity contribution < 1.29 is 0 Å². The van der Waals surface area contributed by atoms with Gasteiger partial charge in [-0.1, -0.05) is 68.0 Å². The van der Waals surface area contributed by atoms with Crippen LogP contribution in [-0.2, 0) is 12.8 Å². The largest absolute Gasteiger partial charge is 0.269 e. The first-order valence-electron chi connectivity index (χ1n) is 12.8. The van der Waals surface area contributed by atoms with Crippen LogP contribution in [0.2, 0.25) is 0 Å². The van der Waals surface area contributed by atoms with Crippen molar-refractivity contribution in [2.75, 3.05) is 0 Å². The molecule has 0 radical (unpaired) electrons. The highest BCUT2D eigenvalue weighted by Gasteiger charge is 2.31. The van der Waals surface area contributed by atoms with Crippen LogP contribution in [0.3, 0.4) is 0 Å². The van der Waals surface area contributed by atoms with Crippen LogP contribution in [0, 0.1) is 11.3 Å². The molecule has 35 heavy (non-hydrogen) atoms. The van der Waals surface area contributed by atoms with Gasteiger partial charge in [0.2, 0.25) is 0 Å². The monoisotopic (exact) mass is 461 g/mol. The van der Waals surface area contributed by atoms with Crippen LogP contribution in [0.5, 0.6) is 0 Å². The molecule has 0 N–H and O–H groups in total. The summed E-state index contributed by atoms with van der Waals surface area (Å²) in [7, 11) is 0. The number of benzene rings is 2. The van der Waals surface area contributed by atoms with E-state index in [1.54, 1.807) is 0 Å². The van der Waals surface area contributed by atoms with Gasteiger partial charge in [-0.2, -0.15) is 5.26 Å². The number of hydrogen-bond donors (Lipinski definition) is 0. The number of unbranched alkanes of at least 4 members (excludes halogenated alkanes) is 1. The van der Waals surface area contributed by atoms with E-state index in [0.29, 0.717) is 17.9 Å². The lowest BCUT2D eigenvalue weighted by Gasteiger charge is -2.20. The second kappa shape index (κ2) is 10.3. The maximum atomic E-state index is 14.0. The predicted molar refractivity (Wildman–Crippen MR) is 141 cm³/mol. The number of nitrogens with zero attached hydrogens (tertiary/aromatic N) is 3. The van der Waals surface area contributed by atoms with Gasteiger partial charge in [0.25, 0.3) is 5.56 Å². The molecule has 1 aromatic heterocycles. The highest BCUT2D eigenvalue weighted by Crippen LogP contribution is 2.40. The third kappa shape index (κ3) is 4.91. The number of allylic oxidation sites excluding steroid dienone is 4. The summed E-state index contributed by atoms with van der Waals surface area (Å²) in [6.07, 6.45) is 13.9. The van der Waals surface area contributed by atoms with Crippen molar-refractivity contribution in [2.24, 2.45) is 0 Å². The number of nitriles is 1. The molecule has 176 valence electrons. The molecule has 0 spiro atoms. The molecule has 0 aliphatic heterocycles. The van der Waals surface area contributed by atoms with Gasteiger partial charge in [-0.25, -0.2) is 4.98 Å². The Bertz CT molecular complexity index is 1380. The van der Waals surface area contributed by atoms with E-state index in [1.165, 1.54) is 0 Å². The van der Waals surface area contributed by atoms with Gasteiger partial charge in [-0.15, -0.1) is 0 Å². The number of aromatic nitrogens is 2. The van der Waals surface area contributed by atoms with Crippen LogP contribution in [0.4, 0.5) is 0 Å². The molecule has 2 aliphatic rings. The Labute approximate surface area is 207 Å². The average Bonchev–Trinajstić information content (AvgIpc) is 3.75. The molecule has 2 aliphatic carbocycles. The summed E-state index contributed by atoms with van der Waals surface area (Å²) in [6, 6.07) is 18.2. The second-order valence-corrected chi connectivity index (χ2v) is 9.57. The molecule has 3 aromatic rings. The summed E-state index contributed by atoms with van der Waals surface area (Å²) in [5.74, 6) is 1.37. The standard InChI is InChI=1S/C31H31N3O/c1-2-3-13-29-28(20-22-14-16-23(17-15-22)27-12-8-7-9-25(27)21-32)31(35)34(26-10-5-4-6-11-26)30(33-29)24-18-19-24/h4-5,7-10,12,14-17,24H,2-3,6,11,13,18-20H2,1H3. The fraction of sp³-hybridized carbons (Fsp3) is 0.323. The van der Waals surface area contributed by atoms with Crippen molar-refractivity contribution in [1.82, 2.24) is 9.55 Å². The van der Waals surface area contributed by atoms with Crippen molar-refractivity contribution in [1.29, 1.82) is 5.26 Å². The highest BCUT2D eigenvalue weighted by molar-refractivity contribution is 5.70. The zero-order chi connectivity index (χ0) is 24.2. The van der Waals surface area contributed by atoms with E-state index in [4.69, 9.17) is 4.98 Å². The quantitative estimate of drug-likeness (QED) is 0.371. The Hall–Kier alpha value is -3.71. The van der Waals surface area contributed by atoms with Gasteiger partial charge in [0.15, 0.2) is 0 Å². The van der Waals surface area contributed by atoms with E-state index < -0.39 is 0 Å². The van der Waals surface area contributed by atoms with E-state index in [1.807, 2.05) is 28.8 Å². The Morgan fingerprint density at radius 1 is 1.11 bits per heavy atom. The van der Waals surface area contributed by atoms with E-state index in [-0.39, 0.29) is 5.56 Å². The fourth-order valence-electron chi connectivity index (χ4n) is 4.85. The molecule has 4 nitrogen and oxygen atoms in total. The van der Waals surface area contributed by atoms with E-state index in [2.05, 4.69) is 55.5 Å². The van der Waals surface area contributed by atoms with Crippen molar-refractivity contribution in [3.63, 3.8) is 0 Å². The summed E-state index contributed by atoms with van der Waals surface area (Å²) < 4.78 is 1.93. The molecule has 0 bridgehead atoms. The van der Waals surface area contributed by atoms with Crippen molar-refractivity contribution in [2.45, 2.75) is 64.2 Å². The summed E-state index contributed by atoms with van der Waals surface area (Å²) in [6.45, 7) is 2.18. The highest BCUT2D eigenvalue weighted by atomic mass is 16.1.